The predicted octanol–water partition coefficient (Wildman–Crippen LogP) is 4.04. The standard InChI is InChI=1S/C17H13F4N3O3S/c1-27-13-8-7-10(9-12(13)18)14-15(17(19,20)21)22-23-16(14)24-28(25,26)11-5-3-2-4-6-11/h2-9H,1H3,(H2,22,23,24). The molecule has 3 aromatic rings. The summed E-state index contributed by atoms with van der Waals surface area (Å²) in [5, 5.41) is 5.23. The number of ether oxygens (including phenoxy) is 1. The summed E-state index contributed by atoms with van der Waals surface area (Å²) in [6.07, 6.45) is -4.88. The Balaban J connectivity index is 2.13. The fraction of sp³-hybridized carbons (Fsp3) is 0.118. The van der Waals surface area contributed by atoms with Crippen LogP contribution in [0.3, 0.4) is 0 Å². The molecule has 0 atom stereocenters. The van der Waals surface area contributed by atoms with E-state index in [0.717, 1.165) is 12.1 Å². The summed E-state index contributed by atoms with van der Waals surface area (Å²) in [4.78, 5) is -0.168. The number of hydrogen-bond acceptors (Lipinski definition) is 4. The third-order valence-corrected chi connectivity index (χ3v) is 5.13. The van der Waals surface area contributed by atoms with Gasteiger partial charge in [-0.15, -0.1) is 0 Å². The second-order valence-electron chi connectivity index (χ2n) is 5.59. The molecule has 28 heavy (non-hydrogen) atoms. The number of anilines is 1. The first-order valence-electron chi connectivity index (χ1n) is 7.71. The number of nitrogens with one attached hydrogen (secondary N) is 2. The van der Waals surface area contributed by atoms with Crippen molar-refractivity contribution in [2.45, 2.75) is 11.1 Å². The molecule has 1 aromatic heterocycles. The summed E-state index contributed by atoms with van der Waals surface area (Å²) in [6.45, 7) is 0. The fourth-order valence-corrected chi connectivity index (χ4v) is 3.55. The number of methoxy groups -OCH3 is 1. The zero-order chi connectivity index (χ0) is 20.5. The number of nitrogens with zero attached hydrogens (tertiary/aromatic N) is 1. The smallest absolute Gasteiger partial charge is 0.433 e. The normalized spacial score (nSPS) is 12.0. The van der Waals surface area contributed by atoms with Crippen LogP contribution >= 0.6 is 0 Å². The number of rotatable bonds is 5. The van der Waals surface area contributed by atoms with E-state index in [2.05, 4.69) is 5.10 Å². The summed E-state index contributed by atoms with van der Waals surface area (Å²) >= 11 is 0. The summed E-state index contributed by atoms with van der Waals surface area (Å²) in [5.74, 6) is -1.70. The van der Waals surface area contributed by atoms with Gasteiger partial charge < -0.3 is 4.74 Å². The lowest BCUT2D eigenvalue weighted by Crippen LogP contribution is -2.14. The highest BCUT2D eigenvalue weighted by atomic mass is 32.2. The molecule has 0 aliphatic carbocycles. The predicted molar refractivity (Wildman–Crippen MR) is 92.8 cm³/mol. The van der Waals surface area contributed by atoms with E-state index in [4.69, 9.17) is 4.74 Å². The topological polar surface area (TPSA) is 84.1 Å². The van der Waals surface area contributed by atoms with Crippen LogP contribution in [-0.2, 0) is 16.2 Å². The van der Waals surface area contributed by atoms with Gasteiger partial charge in [-0.25, -0.2) is 12.8 Å². The average molecular weight is 415 g/mol. The number of H-pyrrole nitrogens is 1. The first kappa shape index (κ1) is 19.7. The van der Waals surface area contributed by atoms with E-state index in [1.807, 2.05) is 4.72 Å². The minimum absolute atomic E-state index is 0.168. The van der Waals surface area contributed by atoms with E-state index < -0.39 is 39.1 Å². The number of alkyl halides is 3. The molecule has 6 nitrogen and oxygen atoms in total. The average Bonchev–Trinajstić information content (AvgIpc) is 3.05. The van der Waals surface area contributed by atoms with Crippen molar-refractivity contribution >= 4 is 15.8 Å². The van der Waals surface area contributed by atoms with Gasteiger partial charge in [0, 0.05) is 0 Å². The van der Waals surface area contributed by atoms with E-state index in [9.17, 15) is 26.0 Å². The zero-order valence-corrected chi connectivity index (χ0v) is 15.0. The lowest BCUT2D eigenvalue weighted by atomic mass is 10.0. The van der Waals surface area contributed by atoms with Crippen LogP contribution in [0.5, 0.6) is 5.75 Å². The van der Waals surface area contributed by atoms with E-state index in [1.165, 1.54) is 37.4 Å². The van der Waals surface area contributed by atoms with E-state index in [1.54, 1.807) is 11.2 Å². The van der Waals surface area contributed by atoms with Crippen molar-refractivity contribution in [2.24, 2.45) is 0 Å². The molecular weight excluding hydrogens is 402 g/mol. The van der Waals surface area contributed by atoms with Gasteiger partial charge in [0.1, 0.15) is 5.69 Å². The molecule has 0 fully saturated rings. The van der Waals surface area contributed by atoms with Crippen LogP contribution in [0.4, 0.5) is 23.4 Å². The van der Waals surface area contributed by atoms with E-state index in [0.29, 0.717) is 0 Å². The van der Waals surface area contributed by atoms with Crippen molar-refractivity contribution in [2.75, 3.05) is 11.8 Å². The third-order valence-electron chi connectivity index (χ3n) is 3.77. The molecule has 2 N–H and O–H groups in total. The Morgan fingerprint density at radius 3 is 2.36 bits per heavy atom. The van der Waals surface area contributed by atoms with E-state index in [-0.39, 0.29) is 16.2 Å². The van der Waals surface area contributed by atoms with Gasteiger partial charge in [0.15, 0.2) is 17.4 Å². The van der Waals surface area contributed by atoms with Gasteiger partial charge in [-0.2, -0.15) is 18.3 Å². The Labute approximate surface area is 157 Å². The Kier molecular flexibility index (Phi) is 5.02. The molecule has 0 saturated heterocycles. The Morgan fingerprint density at radius 1 is 1.11 bits per heavy atom. The number of hydrogen-bond donors (Lipinski definition) is 2. The van der Waals surface area contributed by atoms with Crippen LogP contribution in [0, 0.1) is 5.82 Å². The van der Waals surface area contributed by atoms with Crippen molar-refractivity contribution in [3.05, 3.63) is 60.0 Å². The number of aromatic nitrogens is 2. The minimum Gasteiger partial charge on any atom is -0.494 e. The first-order chi connectivity index (χ1) is 13.1. The monoisotopic (exact) mass is 415 g/mol. The molecule has 11 heteroatoms. The highest BCUT2D eigenvalue weighted by molar-refractivity contribution is 7.92. The molecule has 0 unspecified atom stereocenters. The third kappa shape index (κ3) is 3.79. The van der Waals surface area contributed by atoms with Gasteiger partial charge in [-0.1, -0.05) is 24.3 Å². The molecule has 0 amide bonds. The zero-order valence-electron chi connectivity index (χ0n) is 14.2. The van der Waals surface area contributed by atoms with Crippen LogP contribution in [0.25, 0.3) is 11.1 Å². The molecule has 148 valence electrons. The fourth-order valence-electron chi connectivity index (χ4n) is 2.51. The Morgan fingerprint density at radius 2 is 1.79 bits per heavy atom. The minimum atomic E-state index is -4.88. The summed E-state index contributed by atoms with van der Waals surface area (Å²) in [6, 6.07) is 10.1. The molecule has 2 aromatic carbocycles. The van der Waals surface area contributed by atoms with Crippen molar-refractivity contribution in [1.82, 2.24) is 10.2 Å². The van der Waals surface area contributed by atoms with Gasteiger partial charge in [0.2, 0.25) is 0 Å². The Hall–Kier alpha value is -3.08. The highest BCUT2D eigenvalue weighted by Crippen LogP contribution is 2.41. The maximum absolute atomic E-state index is 14.0. The first-order valence-corrected chi connectivity index (χ1v) is 9.19. The maximum atomic E-state index is 14.0. The van der Waals surface area contributed by atoms with Gasteiger partial charge in [-0.05, 0) is 29.8 Å². The molecule has 0 saturated carbocycles. The van der Waals surface area contributed by atoms with Crippen LogP contribution in [0.2, 0.25) is 0 Å². The van der Waals surface area contributed by atoms with Gasteiger partial charge in [0.25, 0.3) is 10.0 Å². The Bertz CT molecular complexity index is 1100. The summed E-state index contributed by atoms with van der Waals surface area (Å²) in [7, 11) is -3.01. The molecule has 0 spiro atoms. The van der Waals surface area contributed by atoms with Crippen molar-refractivity contribution in [3.63, 3.8) is 0 Å². The number of halogens is 4. The lowest BCUT2D eigenvalue weighted by molar-refractivity contribution is -0.140. The van der Waals surface area contributed by atoms with Gasteiger partial charge >= 0.3 is 6.18 Å². The largest absolute Gasteiger partial charge is 0.494 e. The van der Waals surface area contributed by atoms with Crippen molar-refractivity contribution in [1.29, 1.82) is 0 Å². The molecule has 0 radical (unpaired) electrons. The molecule has 0 aliphatic heterocycles. The SMILES string of the molecule is COc1ccc(-c2c(NS(=O)(=O)c3ccccc3)n[nH]c2C(F)(F)F)cc1F. The molecule has 1 heterocycles. The van der Waals surface area contributed by atoms with E-state index >= 15 is 0 Å². The summed E-state index contributed by atoms with van der Waals surface area (Å²) in [5.41, 5.74) is -2.18. The molecule has 0 aliphatic rings. The number of benzene rings is 2. The number of aromatic amines is 1. The summed E-state index contributed by atoms with van der Waals surface area (Å²) < 4.78 is 85.9. The van der Waals surface area contributed by atoms with Crippen molar-refractivity contribution < 1.29 is 30.7 Å². The van der Waals surface area contributed by atoms with Crippen LogP contribution in [0.1, 0.15) is 5.69 Å². The van der Waals surface area contributed by atoms with Crippen LogP contribution in [-0.4, -0.2) is 25.7 Å². The molecule has 0 bridgehead atoms. The highest BCUT2D eigenvalue weighted by Gasteiger charge is 2.38. The van der Waals surface area contributed by atoms with Gasteiger partial charge in [-0.3, -0.25) is 9.82 Å². The van der Waals surface area contributed by atoms with Crippen LogP contribution < -0.4 is 9.46 Å². The van der Waals surface area contributed by atoms with Gasteiger partial charge in [0.05, 0.1) is 17.6 Å². The molecular formula is C17H13F4N3O3S. The number of sulfonamides is 1. The van der Waals surface area contributed by atoms with Crippen molar-refractivity contribution in [3.8, 4) is 16.9 Å². The molecule has 3 rings (SSSR count). The second kappa shape index (κ2) is 7.15. The van der Waals surface area contributed by atoms with Crippen LogP contribution in [0.15, 0.2) is 53.4 Å². The maximum Gasteiger partial charge on any atom is 0.433 e. The lowest BCUT2D eigenvalue weighted by Gasteiger charge is -2.12. The second-order valence-corrected chi connectivity index (χ2v) is 7.27. The quantitative estimate of drug-likeness (QED) is 0.616.